The smallest absolute Gasteiger partial charge is 0.164 e. The fourth-order valence-electron chi connectivity index (χ4n) is 9.32. The Morgan fingerprint density at radius 1 is 0.333 bits per heavy atom. The van der Waals surface area contributed by atoms with Crippen molar-refractivity contribution in [2.75, 3.05) is 0 Å². The van der Waals surface area contributed by atoms with E-state index in [0.29, 0.717) is 17.5 Å². The highest BCUT2D eigenvalue weighted by atomic mass is 16.5. The summed E-state index contributed by atoms with van der Waals surface area (Å²) < 4.78 is 6.78. The quantitative estimate of drug-likeness (QED) is 0.181. The lowest BCUT2D eigenvalue weighted by Gasteiger charge is -2.50. The molecule has 1 aromatic heterocycles. The van der Waals surface area contributed by atoms with Crippen molar-refractivity contribution in [2.24, 2.45) is 0 Å². The van der Waals surface area contributed by atoms with Gasteiger partial charge in [0.1, 0.15) is 11.5 Å². The van der Waals surface area contributed by atoms with E-state index in [4.69, 9.17) is 19.7 Å². The van der Waals surface area contributed by atoms with Gasteiger partial charge in [0, 0.05) is 33.2 Å². The standard InChI is InChI=1S/C53H37N3O/c1-52(2)41-21-8-10-23-43(41)53(44-24-11-9-22-42(44)52)45-25-12-13-26-47(45)57-48-30-29-38(33-46(48)53)37-19-14-20-39(32-37)50-54-49(35-16-4-3-5-17-35)55-51(56-50)40-28-27-34-15-6-7-18-36(34)31-40/h3-33H,1-2H3. The number of benzene rings is 8. The molecule has 0 bridgehead atoms. The number of nitrogens with zero attached hydrogens (tertiary/aromatic N) is 3. The van der Waals surface area contributed by atoms with Gasteiger partial charge in [0.25, 0.3) is 0 Å². The predicted octanol–water partition coefficient (Wildman–Crippen LogP) is 12.8. The Balaban J connectivity index is 1.10. The van der Waals surface area contributed by atoms with Crippen molar-refractivity contribution in [3.63, 3.8) is 0 Å². The third-order valence-electron chi connectivity index (χ3n) is 12.0. The topological polar surface area (TPSA) is 47.9 Å². The summed E-state index contributed by atoms with van der Waals surface area (Å²) in [6, 6.07) is 66.7. The molecular formula is C53H37N3O. The Kier molecular flexibility index (Phi) is 7.39. The normalized spacial score (nSPS) is 14.2. The van der Waals surface area contributed by atoms with Crippen molar-refractivity contribution < 1.29 is 4.74 Å². The zero-order chi connectivity index (χ0) is 38.1. The fourth-order valence-corrected chi connectivity index (χ4v) is 9.32. The molecule has 1 aliphatic heterocycles. The molecule has 0 unspecified atom stereocenters. The van der Waals surface area contributed by atoms with Crippen LogP contribution in [0.5, 0.6) is 11.5 Å². The van der Waals surface area contributed by atoms with E-state index in [0.717, 1.165) is 55.8 Å². The highest BCUT2D eigenvalue weighted by Gasteiger charge is 2.52. The summed E-state index contributed by atoms with van der Waals surface area (Å²) in [6.45, 7) is 4.70. The third kappa shape index (κ3) is 5.11. The van der Waals surface area contributed by atoms with Gasteiger partial charge in [-0.05, 0) is 74.5 Å². The predicted molar refractivity (Wildman–Crippen MR) is 230 cm³/mol. The van der Waals surface area contributed by atoms with Gasteiger partial charge in [0.15, 0.2) is 17.5 Å². The Labute approximate surface area is 332 Å². The summed E-state index contributed by atoms with van der Waals surface area (Å²) >= 11 is 0. The lowest BCUT2D eigenvalue weighted by atomic mass is 9.53. The second kappa shape index (κ2) is 12.7. The summed E-state index contributed by atoms with van der Waals surface area (Å²) in [5, 5.41) is 2.32. The van der Waals surface area contributed by atoms with Crippen LogP contribution in [0, 0.1) is 0 Å². The molecule has 9 aromatic rings. The zero-order valence-electron chi connectivity index (χ0n) is 31.6. The number of rotatable bonds is 4. The molecule has 4 heteroatoms. The number of fused-ring (bicyclic) bond motifs is 9. The summed E-state index contributed by atoms with van der Waals surface area (Å²) in [5.74, 6) is 3.65. The van der Waals surface area contributed by atoms with Gasteiger partial charge in [0.05, 0.1) is 5.41 Å². The molecule has 0 atom stereocenters. The monoisotopic (exact) mass is 731 g/mol. The summed E-state index contributed by atoms with van der Waals surface area (Å²) in [6.07, 6.45) is 0. The second-order valence-electron chi connectivity index (χ2n) is 15.6. The summed E-state index contributed by atoms with van der Waals surface area (Å²) in [7, 11) is 0. The van der Waals surface area contributed by atoms with Crippen molar-refractivity contribution in [3.05, 3.63) is 221 Å². The van der Waals surface area contributed by atoms with Crippen molar-refractivity contribution >= 4 is 10.8 Å². The Hall–Kier alpha value is -7.17. The first-order chi connectivity index (χ1) is 28.0. The summed E-state index contributed by atoms with van der Waals surface area (Å²) in [4.78, 5) is 15.2. The first-order valence-corrected chi connectivity index (χ1v) is 19.5. The van der Waals surface area contributed by atoms with Gasteiger partial charge in [-0.25, -0.2) is 15.0 Å². The minimum Gasteiger partial charge on any atom is -0.457 e. The van der Waals surface area contributed by atoms with Gasteiger partial charge in [-0.1, -0.05) is 172 Å². The maximum Gasteiger partial charge on any atom is 0.164 e. The van der Waals surface area contributed by atoms with Crippen molar-refractivity contribution in [3.8, 4) is 56.8 Å². The minimum absolute atomic E-state index is 0.188. The molecule has 4 nitrogen and oxygen atoms in total. The minimum atomic E-state index is -0.589. The number of hydrogen-bond donors (Lipinski definition) is 0. The van der Waals surface area contributed by atoms with Crippen LogP contribution in [0.4, 0.5) is 0 Å². The Morgan fingerprint density at radius 2 is 0.825 bits per heavy atom. The molecule has 2 aliphatic rings. The Morgan fingerprint density at radius 3 is 1.54 bits per heavy atom. The van der Waals surface area contributed by atoms with Crippen LogP contribution in [0.1, 0.15) is 47.2 Å². The molecule has 1 aliphatic carbocycles. The lowest BCUT2D eigenvalue weighted by molar-refractivity contribution is 0.425. The molecule has 0 saturated carbocycles. The van der Waals surface area contributed by atoms with Crippen LogP contribution in [-0.4, -0.2) is 15.0 Å². The van der Waals surface area contributed by atoms with Crippen LogP contribution in [0.15, 0.2) is 188 Å². The molecule has 0 N–H and O–H groups in total. The molecule has 0 saturated heterocycles. The number of hydrogen-bond acceptors (Lipinski definition) is 4. The number of aromatic nitrogens is 3. The average Bonchev–Trinajstić information content (AvgIpc) is 3.28. The van der Waals surface area contributed by atoms with E-state index in [2.05, 4.69) is 172 Å². The van der Waals surface area contributed by atoms with Crippen molar-refractivity contribution in [1.82, 2.24) is 15.0 Å². The van der Waals surface area contributed by atoms with Crippen LogP contribution in [0.2, 0.25) is 0 Å². The van der Waals surface area contributed by atoms with E-state index in [9.17, 15) is 0 Å². The molecule has 2 heterocycles. The van der Waals surface area contributed by atoms with Crippen molar-refractivity contribution in [1.29, 1.82) is 0 Å². The molecule has 57 heavy (non-hydrogen) atoms. The first kappa shape index (κ1) is 33.2. The maximum atomic E-state index is 6.78. The molecule has 8 aromatic carbocycles. The third-order valence-corrected chi connectivity index (χ3v) is 12.0. The molecule has 0 fully saturated rings. The van der Waals surface area contributed by atoms with E-state index in [-0.39, 0.29) is 5.41 Å². The van der Waals surface area contributed by atoms with E-state index >= 15 is 0 Å². The van der Waals surface area contributed by atoms with Crippen LogP contribution in [0.25, 0.3) is 56.1 Å². The molecular weight excluding hydrogens is 695 g/mol. The fraction of sp³-hybridized carbons (Fsp3) is 0.0755. The van der Waals surface area contributed by atoms with Crippen LogP contribution < -0.4 is 4.74 Å². The molecule has 0 amide bonds. The second-order valence-corrected chi connectivity index (χ2v) is 15.6. The van der Waals surface area contributed by atoms with E-state index in [1.54, 1.807) is 0 Å². The highest BCUT2D eigenvalue weighted by Crippen LogP contribution is 2.61. The first-order valence-electron chi connectivity index (χ1n) is 19.5. The van der Waals surface area contributed by atoms with Crippen LogP contribution in [0.3, 0.4) is 0 Å². The maximum absolute atomic E-state index is 6.78. The van der Waals surface area contributed by atoms with Gasteiger partial charge in [-0.3, -0.25) is 0 Å². The summed E-state index contributed by atoms with van der Waals surface area (Å²) in [5.41, 5.74) is 11.7. The van der Waals surface area contributed by atoms with Gasteiger partial charge >= 0.3 is 0 Å². The van der Waals surface area contributed by atoms with E-state index < -0.39 is 5.41 Å². The van der Waals surface area contributed by atoms with Gasteiger partial charge in [0.2, 0.25) is 0 Å². The average molecular weight is 732 g/mol. The van der Waals surface area contributed by atoms with Gasteiger partial charge < -0.3 is 4.74 Å². The zero-order valence-corrected chi connectivity index (χ0v) is 31.6. The Bertz CT molecular complexity index is 2990. The van der Waals surface area contributed by atoms with Gasteiger partial charge in [-0.2, -0.15) is 0 Å². The van der Waals surface area contributed by atoms with Crippen LogP contribution >= 0.6 is 0 Å². The SMILES string of the molecule is CC1(C)c2ccccc2C2(c3ccccc3Oc3ccc(-c4cccc(-c5nc(-c6ccccc6)nc(-c6ccc7ccccc7c6)n5)c4)cc32)c2ccccc21. The molecule has 0 radical (unpaired) electrons. The lowest BCUT2D eigenvalue weighted by Crippen LogP contribution is -2.43. The van der Waals surface area contributed by atoms with E-state index in [1.165, 1.54) is 27.6 Å². The van der Waals surface area contributed by atoms with Crippen LogP contribution in [-0.2, 0) is 10.8 Å². The number of para-hydroxylation sites is 1. The molecule has 270 valence electrons. The molecule has 1 spiro atoms. The van der Waals surface area contributed by atoms with Gasteiger partial charge in [-0.15, -0.1) is 0 Å². The van der Waals surface area contributed by atoms with Crippen molar-refractivity contribution in [2.45, 2.75) is 24.7 Å². The number of ether oxygens (including phenoxy) is 1. The molecule has 11 rings (SSSR count). The largest absolute Gasteiger partial charge is 0.457 e. The van der Waals surface area contributed by atoms with E-state index in [1.807, 2.05) is 30.3 Å². The highest BCUT2D eigenvalue weighted by molar-refractivity contribution is 5.87.